The Morgan fingerprint density at radius 1 is 1.10 bits per heavy atom. The molecule has 21 heavy (non-hydrogen) atoms. The van der Waals surface area contributed by atoms with E-state index in [1.165, 1.54) is 12.1 Å². The lowest BCUT2D eigenvalue weighted by atomic mass is 10.1. The van der Waals surface area contributed by atoms with Crippen LogP contribution in [-0.2, 0) is 11.3 Å². The lowest BCUT2D eigenvalue weighted by Gasteiger charge is -2.11. The maximum atomic E-state index is 12.0. The number of carbonyl (C=O) groups excluding carboxylic acids is 1. The number of esters is 1. The van der Waals surface area contributed by atoms with Crippen molar-refractivity contribution in [1.82, 2.24) is 0 Å². The zero-order chi connectivity index (χ0) is 15.4. The second kappa shape index (κ2) is 6.17. The lowest BCUT2D eigenvalue weighted by Crippen LogP contribution is -2.07. The van der Waals surface area contributed by atoms with Crippen LogP contribution in [0.2, 0.25) is 0 Å². The van der Waals surface area contributed by atoms with Gasteiger partial charge in [-0.05, 0) is 37.3 Å². The number of methoxy groups -OCH3 is 1. The van der Waals surface area contributed by atoms with Crippen molar-refractivity contribution in [3.8, 4) is 5.75 Å². The largest absolute Gasteiger partial charge is 0.496 e. The lowest BCUT2D eigenvalue weighted by molar-refractivity contribution is 0.0470. The Morgan fingerprint density at radius 2 is 1.76 bits per heavy atom. The van der Waals surface area contributed by atoms with Gasteiger partial charge in [-0.1, -0.05) is 11.6 Å². The van der Waals surface area contributed by atoms with Gasteiger partial charge >= 0.3 is 5.97 Å². The van der Waals surface area contributed by atoms with Crippen LogP contribution in [0.4, 0.5) is 11.4 Å². The quantitative estimate of drug-likeness (QED) is 0.666. The molecule has 2 aromatic carbocycles. The number of rotatable bonds is 4. The van der Waals surface area contributed by atoms with Crippen LogP contribution in [0.15, 0.2) is 36.4 Å². The summed E-state index contributed by atoms with van der Waals surface area (Å²) < 4.78 is 10.5. The molecule has 0 aliphatic heterocycles. The number of hydrogen-bond donors (Lipinski definition) is 2. The summed E-state index contributed by atoms with van der Waals surface area (Å²) in [5.74, 6) is 0.207. The average molecular weight is 286 g/mol. The van der Waals surface area contributed by atoms with Gasteiger partial charge in [0.15, 0.2) is 0 Å². The van der Waals surface area contributed by atoms with Crippen molar-refractivity contribution in [3.63, 3.8) is 0 Å². The van der Waals surface area contributed by atoms with Crippen molar-refractivity contribution >= 4 is 17.3 Å². The normalized spacial score (nSPS) is 10.2. The van der Waals surface area contributed by atoms with Crippen LogP contribution in [0.1, 0.15) is 21.5 Å². The van der Waals surface area contributed by atoms with Crippen LogP contribution in [0, 0.1) is 6.92 Å². The summed E-state index contributed by atoms with van der Waals surface area (Å²) in [6.45, 7) is 2.09. The number of benzene rings is 2. The number of ether oxygens (including phenoxy) is 2. The van der Waals surface area contributed by atoms with Gasteiger partial charge in [0.1, 0.15) is 12.4 Å². The molecule has 110 valence electrons. The molecule has 0 heterocycles. The smallest absolute Gasteiger partial charge is 0.338 e. The molecule has 0 radical (unpaired) electrons. The maximum absolute atomic E-state index is 12.0. The van der Waals surface area contributed by atoms with E-state index in [1.54, 1.807) is 13.2 Å². The van der Waals surface area contributed by atoms with Crippen molar-refractivity contribution in [1.29, 1.82) is 0 Å². The Labute approximate surface area is 123 Å². The van der Waals surface area contributed by atoms with E-state index >= 15 is 0 Å². The van der Waals surface area contributed by atoms with Crippen molar-refractivity contribution < 1.29 is 14.3 Å². The standard InChI is InChI=1S/C16H18N2O3/c1-10-3-4-15(20-2)12(5-10)9-21-16(19)11-6-13(17)8-14(18)7-11/h3-8H,9,17-18H2,1-2H3. The van der Waals surface area contributed by atoms with Gasteiger partial charge in [0.05, 0.1) is 12.7 Å². The molecule has 0 aliphatic carbocycles. The predicted molar refractivity (Wildman–Crippen MR) is 82.1 cm³/mol. The van der Waals surface area contributed by atoms with Crippen molar-refractivity contribution in [3.05, 3.63) is 53.1 Å². The molecule has 5 nitrogen and oxygen atoms in total. The molecule has 0 unspecified atom stereocenters. The van der Waals surface area contributed by atoms with E-state index in [9.17, 15) is 4.79 Å². The van der Waals surface area contributed by atoms with Crippen LogP contribution in [-0.4, -0.2) is 13.1 Å². The highest BCUT2D eigenvalue weighted by Gasteiger charge is 2.11. The molecule has 0 saturated carbocycles. The molecule has 0 fully saturated rings. The molecular formula is C16H18N2O3. The number of aryl methyl sites for hydroxylation is 1. The predicted octanol–water partition coefficient (Wildman–Crippen LogP) is 2.53. The minimum Gasteiger partial charge on any atom is -0.496 e. The van der Waals surface area contributed by atoms with E-state index in [1.807, 2.05) is 25.1 Å². The Bertz CT molecular complexity index is 648. The first-order chi connectivity index (χ1) is 9.99. The molecule has 0 aromatic heterocycles. The molecule has 0 saturated heterocycles. The second-order valence-corrected chi connectivity index (χ2v) is 4.78. The number of carbonyl (C=O) groups is 1. The van der Waals surface area contributed by atoms with Crippen LogP contribution in [0.5, 0.6) is 5.75 Å². The van der Waals surface area contributed by atoms with Crippen LogP contribution >= 0.6 is 0 Å². The van der Waals surface area contributed by atoms with E-state index in [4.69, 9.17) is 20.9 Å². The van der Waals surface area contributed by atoms with Crippen LogP contribution in [0.3, 0.4) is 0 Å². The third kappa shape index (κ3) is 3.66. The zero-order valence-electron chi connectivity index (χ0n) is 12.1. The third-order valence-electron chi connectivity index (χ3n) is 3.01. The molecular weight excluding hydrogens is 268 g/mol. The van der Waals surface area contributed by atoms with E-state index in [2.05, 4.69) is 0 Å². The Balaban J connectivity index is 2.12. The van der Waals surface area contributed by atoms with Crippen LogP contribution in [0.25, 0.3) is 0 Å². The highest BCUT2D eigenvalue weighted by molar-refractivity contribution is 5.91. The molecule has 0 spiro atoms. The summed E-state index contributed by atoms with van der Waals surface area (Å²) in [5, 5.41) is 0. The highest BCUT2D eigenvalue weighted by Crippen LogP contribution is 2.21. The molecule has 0 bridgehead atoms. The number of nitrogen functional groups attached to an aromatic ring is 2. The molecule has 0 atom stereocenters. The van der Waals surface area contributed by atoms with E-state index in [0.29, 0.717) is 22.7 Å². The number of nitrogens with two attached hydrogens (primary N) is 2. The molecule has 4 N–H and O–H groups in total. The monoisotopic (exact) mass is 286 g/mol. The van der Waals surface area contributed by atoms with Gasteiger partial charge in [0.2, 0.25) is 0 Å². The van der Waals surface area contributed by atoms with Gasteiger partial charge in [0.25, 0.3) is 0 Å². The van der Waals surface area contributed by atoms with E-state index < -0.39 is 5.97 Å². The summed E-state index contributed by atoms with van der Waals surface area (Å²) in [6.07, 6.45) is 0. The highest BCUT2D eigenvalue weighted by atomic mass is 16.5. The SMILES string of the molecule is COc1ccc(C)cc1COC(=O)c1cc(N)cc(N)c1. The van der Waals surface area contributed by atoms with Crippen LogP contribution < -0.4 is 16.2 Å². The molecule has 0 amide bonds. The Morgan fingerprint density at radius 3 is 2.38 bits per heavy atom. The zero-order valence-corrected chi connectivity index (χ0v) is 12.1. The molecule has 2 rings (SSSR count). The van der Waals surface area contributed by atoms with Gasteiger partial charge in [-0.25, -0.2) is 4.79 Å². The Kier molecular flexibility index (Phi) is 4.33. The first-order valence-corrected chi connectivity index (χ1v) is 6.46. The fourth-order valence-electron chi connectivity index (χ4n) is 2.04. The topological polar surface area (TPSA) is 87.6 Å². The number of anilines is 2. The fraction of sp³-hybridized carbons (Fsp3) is 0.188. The van der Waals surface area contributed by atoms with E-state index in [-0.39, 0.29) is 6.61 Å². The third-order valence-corrected chi connectivity index (χ3v) is 3.01. The van der Waals surface area contributed by atoms with Gasteiger partial charge in [-0.15, -0.1) is 0 Å². The minimum absolute atomic E-state index is 0.123. The fourth-order valence-corrected chi connectivity index (χ4v) is 2.04. The van der Waals surface area contributed by atoms with Crippen molar-refractivity contribution in [2.75, 3.05) is 18.6 Å². The van der Waals surface area contributed by atoms with Gasteiger partial charge < -0.3 is 20.9 Å². The average Bonchev–Trinajstić information content (AvgIpc) is 2.43. The summed E-state index contributed by atoms with van der Waals surface area (Å²) in [7, 11) is 1.58. The second-order valence-electron chi connectivity index (χ2n) is 4.78. The van der Waals surface area contributed by atoms with Gasteiger partial charge in [-0.2, -0.15) is 0 Å². The Hall–Kier alpha value is -2.69. The summed E-state index contributed by atoms with van der Waals surface area (Å²) in [5.41, 5.74) is 14.4. The summed E-state index contributed by atoms with van der Waals surface area (Å²) in [6, 6.07) is 10.3. The molecule has 5 heteroatoms. The van der Waals surface area contributed by atoms with Crippen molar-refractivity contribution in [2.45, 2.75) is 13.5 Å². The van der Waals surface area contributed by atoms with E-state index in [0.717, 1.165) is 11.1 Å². The van der Waals surface area contributed by atoms with Gasteiger partial charge in [-0.3, -0.25) is 0 Å². The molecule has 0 aliphatic rings. The molecule has 2 aromatic rings. The maximum Gasteiger partial charge on any atom is 0.338 e. The number of hydrogen-bond acceptors (Lipinski definition) is 5. The first kappa shape index (κ1) is 14.7. The minimum atomic E-state index is -0.474. The van der Waals surface area contributed by atoms with Gasteiger partial charge in [0, 0.05) is 16.9 Å². The first-order valence-electron chi connectivity index (χ1n) is 6.46. The summed E-state index contributed by atoms with van der Waals surface area (Å²) in [4.78, 5) is 12.0. The van der Waals surface area contributed by atoms with Crippen molar-refractivity contribution in [2.24, 2.45) is 0 Å². The summed E-state index contributed by atoms with van der Waals surface area (Å²) >= 11 is 0.